The van der Waals surface area contributed by atoms with Crippen molar-refractivity contribution in [1.29, 1.82) is 5.26 Å². The molecule has 1 heterocycles. The fourth-order valence-corrected chi connectivity index (χ4v) is 2.99. The van der Waals surface area contributed by atoms with Crippen LogP contribution in [0.2, 0.25) is 5.02 Å². The lowest BCUT2D eigenvalue weighted by Gasteiger charge is -2.31. The maximum atomic E-state index is 11.1. The minimum absolute atomic E-state index is 0.0134. The van der Waals surface area contributed by atoms with E-state index in [-0.39, 0.29) is 6.04 Å². The van der Waals surface area contributed by atoms with Gasteiger partial charge in [0.25, 0.3) is 0 Å². The summed E-state index contributed by atoms with van der Waals surface area (Å²) >= 11 is 6.38. The molecule has 0 spiro atoms. The number of terminal acetylenes is 1. The standard InChI is InChI=1S/C16H18ClN3O.C2H2/c1-11-13(9-18)6-7-15(16(11)17)19(3)12(2)14-5-4-8-20(14)10-21;1-2/h6-7,10,14H,2,4-5,8H2,1,3H3;1-2H. The van der Waals surface area contributed by atoms with Crippen LogP contribution >= 0.6 is 11.6 Å². The van der Waals surface area contributed by atoms with Crippen molar-refractivity contribution < 1.29 is 4.79 Å². The molecule has 1 unspecified atom stereocenters. The first-order valence-corrected chi connectivity index (χ1v) is 7.55. The molecule has 0 aromatic heterocycles. The molecular formula is C18H20ClN3O. The zero-order chi connectivity index (χ0) is 17.6. The molecule has 0 aliphatic carbocycles. The number of nitriles is 1. The van der Waals surface area contributed by atoms with Crippen LogP contribution in [-0.2, 0) is 4.79 Å². The summed E-state index contributed by atoms with van der Waals surface area (Å²) in [6, 6.07) is 5.71. The van der Waals surface area contributed by atoms with Crippen LogP contribution in [0.15, 0.2) is 24.4 Å². The summed E-state index contributed by atoms with van der Waals surface area (Å²) in [5, 5.41) is 9.58. The summed E-state index contributed by atoms with van der Waals surface area (Å²) in [5.41, 5.74) is 2.97. The number of nitrogens with zero attached hydrogens (tertiary/aromatic N) is 3. The van der Waals surface area contributed by atoms with Gasteiger partial charge < -0.3 is 9.80 Å². The van der Waals surface area contributed by atoms with Crippen molar-refractivity contribution in [1.82, 2.24) is 4.90 Å². The number of halogens is 1. The number of anilines is 1. The smallest absolute Gasteiger partial charge is 0.210 e. The van der Waals surface area contributed by atoms with E-state index in [2.05, 4.69) is 25.5 Å². The van der Waals surface area contributed by atoms with E-state index in [1.807, 2.05) is 24.9 Å². The molecule has 23 heavy (non-hydrogen) atoms. The molecule has 0 bridgehead atoms. The van der Waals surface area contributed by atoms with Crippen LogP contribution in [0.1, 0.15) is 24.0 Å². The molecule has 120 valence electrons. The molecule has 1 fully saturated rings. The second kappa shape index (κ2) is 8.27. The summed E-state index contributed by atoms with van der Waals surface area (Å²) in [5.74, 6) is 0. The van der Waals surface area contributed by atoms with Crippen molar-refractivity contribution in [3.05, 3.63) is 40.6 Å². The number of likely N-dealkylation sites (tertiary alicyclic amines) is 1. The molecule has 0 N–H and O–H groups in total. The van der Waals surface area contributed by atoms with E-state index in [4.69, 9.17) is 16.9 Å². The number of hydrogen-bond acceptors (Lipinski definition) is 3. The minimum atomic E-state index is 0.0134. The Morgan fingerprint density at radius 3 is 2.78 bits per heavy atom. The first-order chi connectivity index (χ1) is 11.0. The Balaban J connectivity index is 0.00000127. The number of likely N-dealkylation sites (N-methyl/N-ethyl adjacent to an activating group) is 1. The maximum Gasteiger partial charge on any atom is 0.210 e. The predicted octanol–water partition coefficient (Wildman–Crippen LogP) is 3.34. The van der Waals surface area contributed by atoms with Crippen LogP contribution in [0, 0.1) is 31.1 Å². The summed E-state index contributed by atoms with van der Waals surface area (Å²) < 4.78 is 0. The van der Waals surface area contributed by atoms with Crippen LogP contribution in [0.4, 0.5) is 5.69 Å². The molecule has 1 amide bonds. The number of hydrogen-bond donors (Lipinski definition) is 0. The molecule has 1 aliphatic heterocycles. The van der Waals surface area contributed by atoms with Gasteiger partial charge in [-0.05, 0) is 37.5 Å². The highest BCUT2D eigenvalue weighted by Gasteiger charge is 2.28. The molecule has 0 saturated carbocycles. The van der Waals surface area contributed by atoms with Gasteiger partial charge in [0.2, 0.25) is 6.41 Å². The van der Waals surface area contributed by atoms with E-state index < -0.39 is 0 Å². The average molecular weight is 330 g/mol. The zero-order valence-electron chi connectivity index (χ0n) is 13.4. The van der Waals surface area contributed by atoms with E-state index in [0.717, 1.165) is 42.7 Å². The minimum Gasteiger partial charge on any atom is -0.346 e. The Bertz CT molecular complexity index is 660. The molecule has 1 aromatic rings. The third kappa shape index (κ3) is 3.67. The van der Waals surface area contributed by atoms with Crippen LogP contribution in [-0.4, -0.2) is 30.9 Å². The molecule has 5 heteroatoms. The molecular weight excluding hydrogens is 310 g/mol. The largest absolute Gasteiger partial charge is 0.346 e. The van der Waals surface area contributed by atoms with Crippen molar-refractivity contribution in [2.75, 3.05) is 18.5 Å². The summed E-state index contributed by atoms with van der Waals surface area (Å²) in [7, 11) is 1.89. The molecule has 1 aromatic carbocycles. The Hall–Kier alpha value is -2.43. The van der Waals surface area contributed by atoms with Gasteiger partial charge in [-0.2, -0.15) is 5.26 Å². The second-order valence-electron chi connectivity index (χ2n) is 5.23. The van der Waals surface area contributed by atoms with E-state index in [0.29, 0.717) is 10.6 Å². The topological polar surface area (TPSA) is 47.3 Å². The Morgan fingerprint density at radius 1 is 1.57 bits per heavy atom. The first kappa shape index (κ1) is 18.6. The van der Waals surface area contributed by atoms with E-state index >= 15 is 0 Å². The molecule has 1 saturated heterocycles. The SMILES string of the molecule is C#C.C=C(C1CCCN1C=O)N(C)c1ccc(C#N)c(C)c1Cl. The van der Waals surface area contributed by atoms with Crippen LogP contribution in [0.25, 0.3) is 0 Å². The number of carbonyl (C=O) groups is 1. The summed E-state index contributed by atoms with van der Waals surface area (Å²) in [4.78, 5) is 14.8. The van der Waals surface area contributed by atoms with Gasteiger partial charge in [0.15, 0.2) is 0 Å². The van der Waals surface area contributed by atoms with Gasteiger partial charge in [0.1, 0.15) is 0 Å². The van der Waals surface area contributed by atoms with Crippen molar-refractivity contribution in [3.63, 3.8) is 0 Å². The first-order valence-electron chi connectivity index (χ1n) is 7.17. The fraction of sp³-hybridized carbons (Fsp3) is 0.333. The maximum absolute atomic E-state index is 11.1. The highest BCUT2D eigenvalue weighted by Crippen LogP contribution is 2.34. The molecule has 1 aliphatic rings. The number of benzene rings is 1. The third-order valence-electron chi connectivity index (χ3n) is 4.09. The van der Waals surface area contributed by atoms with Crippen LogP contribution in [0.3, 0.4) is 0 Å². The van der Waals surface area contributed by atoms with Crippen molar-refractivity contribution >= 4 is 23.7 Å². The predicted molar refractivity (Wildman–Crippen MR) is 94.1 cm³/mol. The van der Waals surface area contributed by atoms with Crippen LogP contribution < -0.4 is 4.90 Å². The highest BCUT2D eigenvalue weighted by molar-refractivity contribution is 6.34. The highest BCUT2D eigenvalue weighted by atomic mass is 35.5. The number of carbonyl (C=O) groups excluding carboxylic acids is 1. The third-order valence-corrected chi connectivity index (χ3v) is 4.57. The molecule has 2 rings (SSSR count). The van der Waals surface area contributed by atoms with Crippen molar-refractivity contribution in [2.45, 2.75) is 25.8 Å². The second-order valence-corrected chi connectivity index (χ2v) is 5.61. The molecule has 4 nitrogen and oxygen atoms in total. The Labute approximate surface area is 142 Å². The Kier molecular flexibility index (Phi) is 6.69. The lowest BCUT2D eigenvalue weighted by atomic mass is 10.1. The normalized spacial score (nSPS) is 16.0. The lowest BCUT2D eigenvalue weighted by Crippen LogP contribution is -2.35. The van der Waals surface area contributed by atoms with Crippen LogP contribution in [0.5, 0.6) is 0 Å². The van der Waals surface area contributed by atoms with Gasteiger partial charge in [-0.1, -0.05) is 18.2 Å². The van der Waals surface area contributed by atoms with Gasteiger partial charge in [-0.25, -0.2) is 0 Å². The Morgan fingerprint density at radius 2 is 2.22 bits per heavy atom. The monoisotopic (exact) mass is 329 g/mol. The van der Waals surface area contributed by atoms with Gasteiger partial charge in [-0.15, -0.1) is 12.8 Å². The zero-order valence-corrected chi connectivity index (χ0v) is 14.2. The average Bonchev–Trinajstić information content (AvgIpc) is 3.06. The van der Waals surface area contributed by atoms with Gasteiger partial charge in [0.05, 0.1) is 28.4 Å². The fourth-order valence-electron chi connectivity index (χ4n) is 2.70. The molecule has 1 atom stereocenters. The number of amides is 1. The summed E-state index contributed by atoms with van der Waals surface area (Å²) in [6.07, 6.45) is 10.8. The van der Waals surface area contributed by atoms with E-state index in [9.17, 15) is 4.79 Å². The number of rotatable bonds is 4. The quantitative estimate of drug-likeness (QED) is 0.628. The molecule has 0 radical (unpaired) electrons. The van der Waals surface area contributed by atoms with Gasteiger partial charge in [-0.3, -0.25) is 4.79 Å². The van der Waals surface area contributed by atoms with Gasteiger partial charge >= 0.3 is 0 Å². The van der Waals surface area contributed by atoms with E-state index in [1.54, 1.807) is 11.0 Å². The van der Waals surface area contributed by atoms with E-state index in [1.165, 1.54) is 0 Å². The lowest BCUT2D eigenvalue weighted by molar-refractivity contribution is -0.118. The van der Waals surface area contributed by atoms with Crippen molar-refractivity contribution in [3.8, 4) is 18.9 Å². The van der Waals surface area contributed by atoms with Crippen molar-refractivity contribution in [2.24, 2.45) is 0 Å². The summed E-state index contributed by atoms with van der Waals surface area (Å²) in [6.45, 7) is 6.72. The van der Waals surface area contributed by atoms with Gasteiger partial charge in [0, 0.05) is 19.3 Å².